The Balaban J connectivity index is 3.38. The van der Waals surface area contributed by atoms with Gasteiger partial charge in [-0.05, 0) is 18.6 Å². The first-order valence-electron chi connectivity index (χ1n) is 4.05. The van der Waals surface area contributed by atoms with Crippen molar-refractivity contribution in [2.75, 3.05) is 0 Å². The van der Waals surface area contributed by atoms with Gasteiger partial charge in [-0.1, -0.05) is 0 Å². The van der Waals surface area contributed by atoms with E-state index in [1.807, 2.05) is 0 Å². The van der Waals surface area contributed by atoms with E-state index < -0.39 is 18.1 Å². The molecule has 0 spiro atoms. The second-order valence-corrected chi connectivity index (χ2v) is 3.18. The molecule has 0 aromatic carbocycles. The van der Waals surface area contributed by atoms with Crippen molar-refractivity contribution < 1.29 is 18.7 Å². The molecule has 3 nitrogen and oxygen atoms in total. The average Bonchev–Trinajstić information content (AvgIpc) is 2.17. The molecule has 0 unspecified atom stereocenters. The van der Waals surface area contributed by atoms with Gasteiger partial charge in [-0.2, -0.15) is 0 Å². The molecule has 0 radical (unpaired) electrons. The van der Waals surface area contributed by atoms with Gasteiger partial charge in [0.05, 0.1) is 11.6 Å². The third kappa shape index (κ3) is 2.41. The number of halogens is 3. The normalized spacial score (nSPS) is 10.7. The number of aromatic nitrogens is 1. The Kier molecular flexibility index (Phi) is 3.57. The van der Waals surface area contributed by atoms with Gasteiger partial charge in [0.15, 0.2) is 0 Å². The van der Waals surface area contributed by atoms with E-state index in [1.165, 1.54) is 6.92 Å². The van der Waals surface area contributed by atoms with Gasteiger partial charge in [-0.25, -0.2) is 18.6 Å². The summed E-state index contributed by atoms with van der Waals surface area (Å²) < 4.78 is 25.0. The van der Waals surface area contributed by atoms with E-state index >= 15 is 0 Å². The van der Waals surface area contributed by atoms with Gasteiger partial charge >= 0.3 is 5.97 Å². The zero-order chi connectivity index (χ0) is 11.6. The fraction of sp³-hybridized carbons (Fsp3) is 0.333. The van der Waals surface area contributed by atoms with E-state index in [4.69, 9.17) is 16.7 Å². The maximum absolute atomic E-state index is 12.5. The standard InChI is InChI=1S/C9H8ClF2NO2/c1-4-5(8(11)12)2-6(9(14)15)13-7(4)3-10/h2,8H,3H2,1H3,(H,14,15). The van der Waals surface area contributed by atoms with Gasteiger partial charge in [0, 0.05) is 5.56 Å². The summed E-state index contributed by atoms with van der Waals surface area (Å²) in [6.45, 7) is 1.44. The predicted molar refractivity (Wildman–Crippen MR) is 50.4 cm³/mol. The first-order valence-corrected chi connectivity index (χ1v) is 4.58. The summed E-state index contributed by atoms with van der Waals surface area (Å²) in [7, 11) is 0. The molecule has 0 amide bonds. The van der Waals surface area contributed by atoms with Gasteiger partial charge in [-0.15, -0.1) is 11.6 Å². The van der Waals surface area contributed by atoms with E-state index in [2.05, 4.69) is 4.98 Å². The number of pyridine rings is 1. The van der Waals surface area contributed by atoms with Crippen LogP contribution in [-0.4, -0.2) is 16.1 Å². The lowest BCUT2D eigenvalue weighted by atomic mass is 10.1. The molecule has 0 aliphatic carbocycles. The average molecular weight is 236 g/mol. The van der Waals surface area contributed by atoms with Crippen LogP contribution in [0.15, 0.2) is 6.07 Å². The number of rotatable bonds is 3. The van der Waals surface area contributed by atoms with E-state index in [9.17, 15) is 13.6 Å². The van der Waals surface area contributed by atoms with Gasteiger partial charge in [-0.3, -0.25) is 0 Å². The second-order valence-electron chi connectivity index (χ2n) is 2.91. The van der Waals surface area contributed by atoms with Crippen molar-refractivity contribution in [2.24, 2.45) is 0 Å². The maximum Gasteiger partial charge on any atom is 0.354 e. The van der Waals surface area contributed by atoms with Crippen LogP contribution >= 0.6 is 11.6 Å². The Morgan fingerprint density at radius 2 is 2.27 bits per heavy atom. The summed E-state index contributed by atoms with van der Waals surface area (Å²) >= 11 is 5.49. The van der Waals surface area contributed by atoms with Crippen molar-refractivity contribution in [3.05, 3.63) is 28.6 Å². The van der Waals surface area contributed by atoms with Crippen molar-refractivity contribution in [2.45, 2.75) is 19.2 Å². The molecule has 0 aliphatic rings. The minimum absolute atomic E-state index is 0.0906. The Bertz CT molecular complexity index is 396. The number of carboxylic acids is 1. The number of hydrogen-bond donors (Lipinski definition) is 1. The van der Waals surface area contributed by atoms with Gasteiger partial charge in [0.25, 0.3) is 6.43 Å². The predicted octanol–water partition coefficient (Wildman–Crippen LogP) is 2.76. The molecule has 0 saturated carbocycles. The highest BCUT2D eigenvalue weighted by Gasteiger charge is 2.18. The molecule has 0 aliphatic heterocycles. The molecular formula is C9H8ClF2NO2. The van der Waals surface area contributed by atoms with Crippen LogP contribution in [0.3, 0.4) is 0 Å². The third-order valence-electron chi connectivity index (χ3n) is 1.99. The van der Waals surface area contributed by atoms with Crippen LogP contribution in [0.2, 0.25) is 0 Å². The highest BCUT2D eigenvalue weighted by atomic mass is 35.5. The van der Waals surface area contributed by atoms with E-state index in [1.54, 1.807) is 0 Å². The summed E-state index contributed by atoms with van der Waals surface area (Å²) in [5.74, 6) is -1.43. The van der Waals surface area contributed by atoms with Crippen molar-refractivity contribution >= 4 is 17.6 Å². The van der Waals surface area contributed by atoms with Crippen molar-refractivity contribution in [1.82, 2.24) is 4.98 Å². The zero-order valence-electron chi connectivity index (χ0n) is 7.80. The lowest BCUT2D eigenvalue weighted by Crippen LogP contribution is -2.07. The van der Waals surface area contributed by atoms with Crippen LogP contribution in [-0.2, 0) is 5.88 Å². The van der Waals surface area contributed by atoms with Crippen molar-refractivity contribution in [1.29, 1.82) is 0 Å². The molecule has 1 aromatic rings. The number of alkyl halides is 3. The Morgan fingerprint density at radius 3 is 2.67 bits per heavy atom. The topological polar surface area (TPSA) is 50.2 Å². The molecular weight excluding hydrogens is 228 g/mol. The third-order valence-corrected chi connectivity index (χ3v) is 2.25. The smallest absolute Gasteiger partial charge is 0.354 e. The zero-order valence-corrected chi connectivity index (χ0v) is 8.55. The lowest BCUT2D eigenvalue weighted by molar-refractivity contribution is 0.0689. The van der Waals surface area contributed by atoms with Crippen molar-refractivity contribution in [3.8, 4) is 0 Å². The molecule has 0 saturated heterocycles. The highest BCUT2D eigenvalue weighted by Crippen LogP contribution is 2.25. The van der Waals surface area contributed by atoms with Crippen LogP contribution in [0.1, 0.15) is 33.7 Å². The molecule has 0 bridgehead atoms. The largest absolute Gasteiger partial charge is 0.477 e. The van der Waals surface area contributed by atoms with E-state index in [0.717, 1.165) is 6.07 Å². The fourth-order valence-corrected chi connectivity index (χ4v) is 1.41. The second kappa shape index (κ2) is 4.53. The highest BCUT2D eigenvalue weighted by molar-refractivity contribution is 6.17. The monoisotopic (exact) mass is 235 g/mol. The van der Waals surface area contributed by atoms with Gasteiger partial charge < -0.3 is 5.11 Å². The Hall–Kier alpha value is -1.23. The molecule has 0 fully saturated rings. The van der Waals surface area contributed by atoms with Crippen LogP contribution in [0.5, 0.6) is 0 Å². The summed E-state index contributed by atoms with van der Waals surface area (Å²) in [6.07, 6.45) is -2.73. The van der Waals surface area contributed by atoms with E-state index in [-0.39, 0.29) is 22.7 Å². The maximum atomic E-state index is 12.5. The summed E-state index contributed by atoms with van der Waals surface area (Å²) in [6, 6.07) is 0.873. The van der Waals surface area contributed by atoms with Crippen LogP contribution < -0.4 is 0 Å². The SMILES string of the molecule is Cc1c(C(F)F)cc(C(=O)O)nc1CCl. The molecule has 1 heterocycles. The van der Waals surface area contributed by atoms with Crippen LogP contribution in [0.4, 0.5) is 8.78 Å². The minimum Gasteiger partial charge on any atom is -0.477 e. The van der Waals surface area contributed by atoms with Gasteiger partial charge in [0.2, 0.25) is 0 Å². The van der Waals surface area contributed by atoms with Crippen molar-refractivity contribution in [3.63, 3.8) is 0 Å². The first kappa shape index (κ1) is 11.8. The molecule has 1 rings (SSSR count). The number of carbonyl (C=O) groups is 1. The van der Waals surface area contributed by atoms with Gasteiger partial charge in [0.1, 0.15) is 5.69 Å². The number of nitrogens with zero attached hydrogens (tertiary/aromatic N) is 1. The molecule has 1 N–H and O–H groups in total. The van der Waals surface area contributed by atoms with E-state index in [0.29, 0.717) is 0 Å². The molecule has 1 aromatic heterocycles. The lowest BCUT2D eigenvalue weighted by Gasteiger charge is -2.09. The number of hydrogen-bond acceptors (Lipinski definition) is 2. The minimum atomic E-state index is -2.73. The summed E-state index contributed by atoms with van der Waals surface area (Å²) in [4.78, 5) is 14.3. The molecule has 0 atom stereocenters. The fourth-order valence-electron chi connectivity index (χ4n) is 1.15. The molecule has 6 heteroatoms. The molecule has 15 heavy (non-hydrogen) atoms. The van der Waals surface area contributed by atoms with Crippen LogP contribution in [0.25, 0.3) is 0 Å². The summed E-state index contributed by atoms with van der Waals surface area (Å²) in [5.41, 5.74) is -0.332. The number of carboxylic acid groups (broad SMARTS) is 1. The molecule has 82 valence electrons. The number of aromatic carboxylic acids is 1. The first-order chi connectivity index (χ1) is 6.97. The van der Waals surface area contributed by atoms with Crippen LogP contribution in [0, 0.1) is 6.92 Å². The Morgan fingerprint density at radius 1 is 1.67 bits per heavy atom. The quantitative estimate of drug-likeness (QED) is 0.820. The summed E-state index contributed by atoms with van der Waals surface area (Å²) in [5, 5.41) is 8.65. The Labute approximate surface area is 89.7 Å².